The minimum Gasteiger partial charge on any atom is -0.493 e. The maximum absolute atomic E-state index is 12.6. The number of nitrogens with zero attached hydrogens (tertiary/aromatic N) is 1. The fourth-order valence-corrected chi connectivity index (χ4v) is 3.22. The molecule has 2 aromatic carbocycles. The summed E-state index contributed by atoms with van der Waals surface area (Å²) in [5, 5.41) is 3.23. The fourth-order valence-electron chi connectivity index (χ4n) is 3.22. The number of H-pyrrole nitrogens is 1. The number of aromatic amines is 1. The van der Waals surface area contributed by atoms with E-state index < -0.39 is 11.2 Å². The lowest BCUT2D eigenvalue weighted by Gasteiger charge is -2.18. The minimum atomic E-state index is -0.627. The smallest absolute Gasteiger partial charge is 0.329 e. The van der Waals surface area contributed by atoms with Crippen molar-refractivity contribution in [2.24, 2.45) is 0 Å². The van der Waals surface area contributed by atoms with E-state index in [1.165, 1.54) is 4.57 Å². The van der Waals surface area contributed by atoms with Crippen molar-refractivity contribution in [3.05, 3.63) is 68.9 Å². The van der Waals surface area contributed by atoms with Gasteiger partial charge in [0.05, 0.1) is 30.2 Å². The highest BCUT2D eigenvalue weighted by molar-refractivity contribution is 5.81. The summed E-state index contributed by atoms with van der Waals surface area (Å²) < 4.78 is 12.4. The van der Waals surface area contributed by atoms with Gasteiger partial charge in [-0.1, -0.05) is 18.2 Å². The summed E-state index contributed by atoms with van der Waals surface area (Å²) >= 11 is 0. The number of ether oxygens (including phenoxy) is 2. The van der Waals surface area contributed by atoms with Crippen LogP contribution in [-0.4, -0.2) is 28.7 Å². The van der Waals surface area contributed by atoms with Crippen molar-refractivity contribution in [3.8, 4) is 11.5 Å². The van der Waals surface area contributed by atoms with Crippen LogP contribution in [0.25, 0.3) is 10.9 Å². The molecule has 8 heteroatoms. The van der Waals surface area contributed by atoms with E-state index in [2.05, 4.69) is 10.3 Å². The molecule has 1 atom stereocenters. The van der Waals surface area contributed by atoms with E-state index in [-0.39, 0.29) is 24.6 Å². The first-order chi connectivity index (χ1) is 14.3. The Balaban J connectivity index is 1.80. The first-order valence-corrected chi connectivity index (χ1v) is 9.66. The van der Waals surface area contributed by atoms with Crippen molar-refractivity contribution in [2.45, 2.75) is 39.5 Å². The first-order valence-electron chi connectivity index (χ1n) is 9.66. The van der Waals surface area contributed by atoms with Crippen LogP contribution in [0.1, 0.15) is 32.4 Å². The Labute approximate surface area is 173 Å². The predicted octanol–water partition coefficient (Wildman–Crippen LogP) is 2.36. The van der Waals surface area contributed by atoms with Crippen molar-refractivity contribution in [1.29, 1.82) is 0 Å². The van der Waals surface area contributed by atoms with E-state index >= 15 is 0 Å². The lowest BCUT2D eigenvalue weighted by molar-refractivity contribution is -0.122. The number of hydrogen-bond acceptors (Lipinski definition) is 5. The van der Waals surface area contributed by atoms with E-state index in [4.69, 9.17) is 9.47 Å². The Morgan fingerprint density at radius 1 is 1.10 bits per heavy atom. The molecule has 3 aromatic rings. The summed E-state index contributed by atoms with van der Waals surface area (Å²) in [5.74, 6) is 0.842. The van der Waals surface area contributed by atoms with Gasteiger partial charge in [-0.25, -0.2) is 4.79 Å². The van der Waals surface area contributed by atoms with E-state index in [0.29, 0.717) is 22.4 Å². The van der Waals surface area contributed by atoms with E-state index in [1.54, 1.807) is 37.4 Å². The van der Waals surface area contributed by atoms with Crippen LogP contribution < -0.4 is 26.0 Å². The maximum Gasteiger partial charge on any atom is 0.329 e. The second-order valence-corrected chi connectivity index (χ2v) is 7.23. The highest BCUT2D eigenvalue weighted by atomic mass is 16.5. The van der Waals surface area contributed by atoms with Gasteiger partial charge in [-0.05, 0) is 50.6 Å². The average molecular weight is 411 g/mol. The van der Waals surface area contributed by atoms with Gasteiger partial charge in [-0.3, -0.25) is 19.1 Å². The monoisotopic (exact) mass is 411 g/mol. The fraction of sp³-hybridized carbons (Fsp3) is 0.318. The summed E-state index contributed by atoms with van der Waals surface area (Å²) in [6, 6.07) is 11.8. The minimum absolute atomic E-state index is 0.00678. The SMILES string of the molecule is COc1cc(C(C)NC(=O)Cn2c(=O)[nH]c(=O)c3ccccc32)ccc1OC(C)C. The van der Waals surface area contributed by atoms with Gasteiger partial charge in [0.25, 0.3) is 5.56 Å². The number of carbonyl (C=O) groups is 1. The molecule has 0 aliphatic carbocycles. The average Bonchev–Trinajstić information content (AvgIpc) is 2.71. The number of hydrogen-bond donors (Lipinski definition) is 2. The quantitative estimate of drug-likeness (QED) is 0.621. The second kappa shape index (κ2) is 8.86. The van der Waals surface area contributed by atoms with Crippen LogP contribution in [0.2, 0.25) is 0 Å². The van der Waals surface area contributed by atoms with Crippen LogP contribution in [0.5, 0.6) is 11.5 Å². The number of aromatic nitrogens is 2. The van der Waals surface area contributed by atoms with Crippen LogP contribution >= 0.6 is 0 Å². The van der Waals surface area contributed by atoms with Crippen molar-refractivity contribution >= 4 is 16.8 Å². The van der Waals surface area contributed by atoms with Gasteiger partial charge < -0.3 is 14.8 Å². The standard InChI is InChI=1S/C22H25N3O5/c1-13(2)30-18-10-9-15(11-19(18)29-4)14(3)23-20(26)12-25-17-8-6-5-7-16(17)21(27)24-22(25)28/h5-11,13-14H,12H2,1-4H3,(H,23,26)(H,24,27,28). The molecule has 0 saturated heterocycles. The van der Waals surface area contributed by atoms with Crippen LogP contribution in [0.4, 0.5) is 0 Å². The van der Waals surface area contributed by atoms with Crippen LogP contribution in [0.15, 0.2) is 52.1 Å². The van der Waals surface area contributed by atoms with E-state index in [9.17, 15) is 14.4 Å². The molecular formula is C22H25N3O5. The number of para-hydroxylation sites is 1. The van der Waals surface area contributed by atoms with Crippen molar-refractivity contribution in [3.63, 3.8) is 0 Å². The zero-order valence-corrected chi connectivity index (χ0v) is 17.4. The summed E-state index contributed by atoms with van der Waals surface area (Å²) in [5.41, 5.74) is 0.135. The Bertz CT molecular complexity index is 1180. The van der Waals surface area contributed by atoms with Crippen molar-refractivity contribution < 1.29 is 14.3 Å². The Kier molecular flexibility index (Phi) is 6.25. The molecule has 0 radical (unpaired) electrons. The van der Waals surface area contributed by atoms with Crippen LogP contribution in [0.3, 0.4) is 0 Å². The van der Waals surface area contributed by atoms with Gasteiger partial charge in [-0.15, -0.1) is 0 Å². The van der Waals surface area contributed by atoms with Gasteiger partial charge in [-0.2, -0.15) is 0 Å². The summed E-state index contributed by atoms with van der Waals surface area (Å²) in [7, 11) is 1.56. The zero-order chi connectivity index (χ0) is 21.8. The summed E-state index contributed by atoms with van der Waals surface area (Å²) in [6.45, 7) is 5.48. The van der Waals surface area contributed by atoms with Crippen molar-refractivity contribution in [2.75, 3.05) is 7.11 Å². The molecule has 8 nitrogen and oxygen atoms in total. The van der Waals surface area contributed by atoms with Gasteiger partial charge in [0.15, 0.2) is 11.5 Å². The third kappa shape index (κ3) is 4.53. The van der Waals surface area contributed by atoms with Gasteiger partial charge in [0, 0.05) is 0 Å². The highest BCUT2D eigenvalue weighted by Gasteiger charge is 2.16. The van der Waals surface area contributed by atoms with E-state index in [1.807, 2.05) is 32.9 Å². The maximum atomic E-state index is 12.6. The summed E-state index contributed by atoms with van der Waals surface area (Å²) in [6.07, 6.45) is 0.00678. The Morgan fingerprint density at radius 3 is 2.53 bits per heavy atom. The van der Waals surface area contributed by atoms with E-state index in [0.717, 1.165) is 5.56 Å². The highest BCUT2D eigenvalue weighted by Crippen LogP contribution is 2.31. The molecule has 0 aliphatic rings. The number of amides is 1. The molecule has 1 heterocycles. The number of methoxy groups -OCH3 is 1. The molecule has 30 heavy (non-hydrogen) atoms. The molecule has 1 amide bonds. The van der Waals surface area contributed by atoms with Crippen molar-refractivity contribution in [1.82, 2.24) is 14.9 Å². The first kappa shape index (κ1) is 21.2. The largest absolute Gasteiger partial charge is 0.493 e. The van der Waals surface area contributed by atoms with Gasteiger partial charge in [0.2, 0.25) is 5.91 Å². The number of carbonyl (C=O) groups excluding carboxylic acids is 1. The normalized spacial score (nSPS) is 12.0. The number of benzene rings is 2. The third-order valence-corrected chi connectivity index (χ3v) is 4.63. The molecule has 1 aromatic heterocycles. The predicted molar refractivity (Wildman–Crippen MR) is 114 cm³/mol. The lowest BCUT2D eigenvalue weighted by Crippen LogP contribution is -2.37. The third-order valence-electron chi connectivity index (χ3n) is 4.63. The second-order valence-electron chi connectivity index (χ2n) is 7.23. The van der Waals surface area contributed by atoms with Gasteiger partial charge >= 0.3 is 5.69 Å². The number of nitrogens with one attached hydrogen (secondary N) is 2. The molecule has 2 N–H and O–H groups in total. The zero-order valence-electron chi connectivity index (χ0n) is 17.4. The Hall–Kier alpha value is -3.55. The molecule has 0 aliphatic heterocycles. The van der Waals surface area contributed by atoms with Crippen LogP contribution in [0, 0.1) is 0 Å². The Morgan fingerprint density at radius 2 is 1.83 bits per heavy atom. The number of fused-ring (bicyclic) bond motifs is 1. The molecule has 1 unspecified atom stereocenters. The lowest BCUT2D eigenvalue weighted by atomic mass is 10.1. The molecular weight excluding hydrogens is 386 g/mol. The molecule has 3 rings (SSSR count). The van der Waals surface area contributed by atoms with Crippen LogP contribution in [-0.2, 0) is 11.3 Å². The topological polar surface area (TPSA) is 102 Å². The molecule has 0 saturated carbocycles. The molecule has 0 spiro atoms. The summed E-state index contributed by atoms with van der Waals surface area (Å²) in [4.78, 5) is 39.1. The van der Waals surface area contributed by atoms with Gasteiger partial charge in [0.1, 0.15) is 6.54 Å². The molecule has 158 valence electrons. The molecule has 0 fully saturated rings. The number of rotatable bonds is 7. The molecule has 0 bridgehead atoms.